The summed E-state index contributed by atoms with van der Waals surface area (Å²) in [4.78, 5) is 21.7. The second-order valence-electron chi connectivity index (χ2n) is 5.84. The molecule has 0 aliphatic carbocycles. The Morgan fingerprint density at radius 3 is 2.69 bits per heavy atom. The maximum absolute atomic E-state index is 12.8. The molecule has 0 aliphatic heterocycles. The number of fused-ring (bicyclic) bond motifs is 3. The second-order valence-corrected chi connectivity index (χ2v) is 5.84. The van der Waals surface area contributed by atoms with Gasteiger partial charge in [-0.05, 0) is 43.3 Å². The normalized spacial score (nSPS) is 11.0. The summed E-state index contributed by atoms with van der Waals surface area (Å²) in [6.45, 7) is 2.45. The summed E-state index contributed by atoms with van der Waals surface area (Å²) >= 11 is 0. The van der Waals surface area contributed by atoms with Gasteiger partial charge < -0.3 is 14.5 Å². The van der Waals surface area contributed by atoms with Crippen LogP contribution in [0.15, 0.2) is 55.0 Å². The third-order valence-electron chi connectivity index (χ3n) is 4.35. The zero-order chi connectivity index (χ0) is 18.1. The van der Waals surface area contributed by atoms with E-state index in [1.54, 1.807) is 7.11 Å². The molecule has 6 heteroatoms. The first-order valence-corrected chi connectivity index (χ1v) is 8.41. The van der Waals surface area contributed by atoms with Crippen LogP contribution in [0.2, 0.25) is 0 Å². The molecule has 6 nitrogen and oxygen atoms in total. The minimum Gasteiger partial charge on any atom is -0.497 e. The van der Waals surface area contributed by atoms with Gasteiger partial charge in [-0.3, -0.25) is 4.79 Å². The van der Waals surface area contributed by atoms with Crippen LogP contribution in [-0.4, -0.2) is 33.9 Å². The highest BCUT2D eigenvalue weighted by Gasteiger charge is 2.22. The molecule has 1 N–H and O–H groups in total. The number of pyridine rings is 1. The van der Waals surface area contributed by atoms with Crippen LogP contribution in [0, 0.1) is 0 Å². The van der Waals surface area contributed by atoms with E-state index < -0.39 is 0 Å². The summed E-state index contributed by atoms with van der Waals surface area (Å²) in [5, 5.41) is 3.65. The lowest BCUT2D eigenvalue weighted by molar-refractivity contribution is 0.0959. The quantitative estimate of drug-likeness (QED) is 0.615. The maximum Gasteiger partial charge on any atom is 0.254 e. The Morgan fingerprint density at radius 1 is 1.15 bits per heavy atom. The van der Waals surface area contributed by atoms with Gasteiger partial charge in [0.25, 0.3) is 5.91 Å². The second kappa shape index (κ2) is 6.48. The average Bonchev–Trinajstić information content (AvgIpc) is 3.03. The lowest BCUT2D eigenvalue weighted by Gasteiger charge is -2.06. The lowest BCUT2D eigenvalue weighted by atomic mass is 10.0. The van der Waals surface area contributed by atoms with Gasteiger partial charge in [-0.25, -0.2) is 9.97 Å². The number of hydrogen-bond donors (Lipinski definition) is 1. The van der Waals surface area contributed by atoms with Crippen molar-refractivity contribution >= 4 is 22.5 Å². The highest BCUT2D eigenvalue weighted by molar-refractivity contribution is 6.16. The fourth-order valence-electron chi connectivity index (χ4n) is 3.20. The standard InChI is InChI=1S/C20H18N4O2/c1-3-21-20(25)16-15-6-4-5-11-24(15)19-17(16)18(22-12-23-19)13-7-9-14(26-2)10-8-13/h4-12H,3H2,1-2H3,(H,21,25). The predicted molar refractivity (Wildman–Crippen MR) is 100 cm³/mol. The van der Waals surface area contributed by atoms with Crippen LogP contribution in [0.1, 0.15) is 17.3 Å². The van der Waals surface area contributed by atoms with E-state index in [2.05, 4.69) is 15.3 Å². The Balaban J connectivity index is 2.06. The summed E-state index contributed by atoms with van der Waals surface area (Å²) in [6, 6.07) is 13.4. The minimum atomic E-state index is -0.129. The van der Waals surface area contributed by atoms with E-state index in [1.807, 2.05) is 60.0 Å². The van der Waals surface area contributed by atoms with Crippen molar-refractivity contribution in [3.8, 4) is 17.0 Å². The largest absolute Gasteiger partial charge is 0.497 e. The number of aromatic nitrogens is 3. The van der Waals surface area contributed by atoms with Gasteiger partial charge in [0, 0.05) is 18.3 Å². The Labute approximate surface area is 150 Å². The molecule has 0 saturated heterocycles. The van der Waals surface area contributed by atoms with Crippen molar-refractivity contribution in [2.24, 2.45) is 0 Å². The summed E-state index contributed by atoms with van der Waals surface area (Å²) < 4.78 is 7.16. The van der Waals surface area contributed by atoms with Gasteiger partial charge in [0.1, 0.15) is 17.7 Å². The monoisotopic (exact) mass is 346 g/mol. The van der Waals surface area contributed by atoms with E-state index in [0.717, 1.165) is 27.9 Å². The van der Waals surface area contributed by atoms with E-state index in [1.165, 1.54) is 6.33 Å². The van der Waals surface area contributed by atoms with Crippen LogP contribution in [0.3, 0.4) is 0 Å². The molecule has 0 fully saturated rings. The molecular weight excluding hydrogens is 328 g/mol. The van der Waals surface area contributed by atoms with Gasteiger partial charge in [0.15, 0.2) is 0 Å². The predicted octanol–water partition coefficient (Wildman–Crippen LogP) is 3.31. The van der Waals surface area contributed by atoms with Crippen molar-refractivity contribution in [3.05, 3.63) is 60.6 Å². The van der Waals surface area contributed by atoms with Crippen LogP contribution in [-0.2, 0) is 0 Å². The SMILES string of the molecule is CCNC(=O)c1c2c(-c3ccc(OC)cc3)ncnc2n2ccccc12. The van der Waals surface area contributed by atoms with Crippen molar-refractivity contribution in [3.63, 3.8) is 0 Å². The first-order valence-electron chi connectivity index (χ1n) is 8.41. The molecule has 4 aromatic rings. The van der Waals surface area contributed by atoms with E-state index in [0.29, 0.717) is 17.8 Å². The van der Waals surface area contributed by atoms with Crippen LogP contribution in [0.4, 0.5) is 0 Å². The van der Waals surface area contributed by atoms with Gasteiger partial charge in [0.2, 0.25) is 0 Å². The number of amides is 1. The number of ether oxygens (including phenoxy) is 1. The van der Waals surface area contributed by atoms with Crippen molar-refractivity contribution in [2.45, 2.75) is 6.92 Å². The molecule has 0 bridgehead atoms. The Morgan fingerprint density at radius 2 is 1.96 bits per heavy atom. The van der Waals surface area contributed by atoms with Gasteiger partial charge in [-0.2, -0.15) is 0 Å². The fraction of sp³-hybridized carbons (Fsp3) is 0.150. The molecule has 0 aliphatic rings. The molecule has 3 heterocycles. The number of nitrogens with one attached hydrogen (secondary N) is 1. The summed E-state index contributed by atoms with van der Waals surface area (Å²) in [7, 11) is 1.63. The molecular formula is C20H18N4O2. The topological polar surface area (TPSA) is 68.5 Å². The number of benzene rings is 1. The summed E-state index contributed by atoms with van der Waals surface area (Å²) in [5.41, 5.74) is 3.74. The van der Waals surface area contributed by atoms with Crippen molar-refractivity contribution < 1.29 is 9.53 Å². The van der Waals surface area contributed by atoms with E-state index in [-0.39, 0.29) is 5.91 Å². The number of nitrogens with zero attached hydrogens (tertiary/aromatic N) is 3. The van der Waals surface area contributed by atoms with Gasteiger partial charge in [-0.15, -0.1) is 0 Å². The lowest BCUT2D eigenvalue weighted by Crippen LogP contribution is -2.22. The Kier molecular flexibility index (Phi) is 4.01. The molecule has 0 atom stereocenters. The number of carbonyl (C=O) groups excluding carboxylic acids is 1. The number of hydrogen-bond acceptors (Lipinski definition) is 4. The molecule has 0 unspecified atom stereocenters. The van der Waals surface area contributed by atoms with E-state index in [9.17, 15) is 4.79 Å². The van der Waals surface area contributed by atoms with Gasteiger partial charge >= 0.3 is 0 Å². The molecule has 0 saturated carbocycles. The van der Waals surface area contributed by atoms with Crippen molar-refractivity contribution in [2.75, 3.05) is 13.7 Å². The number of rotatable bonds is 4. The summed E-state index contributed by atoms with van der Waals surface area (Å²) in [5.74, 6) is 0.640. The molecule has 130 valence electrons. The third kappa shape index (κ3) is 2.47. The first-order chi connectivity index (χ1) is 12.7. The molecule has 1 aromatic carbocycles. The van der Waals surface area contributed by atoms with Gasteiger partial charge in [0.05, 0.1) is 29.3 Å². The molecule has 1 amide bonds. The molecule has 3 aromatic heterocycles. The first kappa shape index (κ1) is 16.1. The van der Waals surface area contributed by atoms with Crippen molar-refractivity contribution in [1.29, 1.82) is 0 Å². The average molecular weight is 346 g/mol. The summed E-state index contributed by atoms with van der Waals surface area (Å²) in [6.07, 6.45) is 3.44. The molecule has 26 heavy (non-hydrogen) atoms. The van der Waals surface area contributed by atoms with E-state index in [4.69, 9.17) is 4.74 Å². The Hall–Kier alpha value is -3.41. The van der Waals surface area contributed by atoms with Gasteiger partial charge in [-0.1, -0.05) is 6.07 Å². The Bertz CT molecular complexity index is 1100. The van der Waals surface area contributed by atoms with Crippen LogP contribution < -0.4 is 10.1 Å². The van der Waals surface area contributed by atoms with Crippen LogP contribution in [0.25, 0.3) is 27.8 Å². The smallest absolute Gasteiger partial charge is 0.254 e. The fourth-order valence-corrected chi connectivity index (χ4v) is 3.20. The van der Waals surface area contributed by atoms with E-state index >= 15 is 0 Å². The zero-order valence-electron chi connectivity index (χ0n) is 14.6. The highest BCUT2D eigenvalue weighted by atomic mass is 16.5. The third-order valence-corrected chi connectivity index (χ3v) is 4.35. The van der Waals surface area contributed by atoms with Crippen molar-refractivity contribution in [1.82, 2.24) is 19.7 Å². The number of methoxy groups -OCH3 is 1. The maximum atomic E-state index is 12.8. The number of carbonyl (C=O) groups is 1. The molecule has 4 rings (SSSR count). The molecule has 0 spiro atoms. The minimum absolute atomic E-state index is 0.129. The van der Waals surface area contributed by atoms with Crippen LogP contribution >= 0.6 is 0 Å². The van der Waals surface area contributed by atoms with Crippen LogP contribution in [0.5, 0.6) is 5.75 Å². The molecule has 0 radical (unpaired) electrons. The highest BCUT2D eigenvalue weighted by Crippen LogP contribution is 2.33. The zero-order valence-corrected chi connectivity index (χ0v) is 14.6.